The van der Waals surface area contributed by atoms with Crippen molar-refractivity contribution in [2.24, 2.45) is 0 Å². The molecule has 158 valence electrons. The van der Waals surface area contributed by atoms with E-state index in [4.69, 9.17) is 20.8 Å². The summed E-state index contributed by atoms with van der Waals surface area (Å²) in [6.07, 6.45) is 0. The van der Waals surface area contributed by atoms with Crippen LogP contribution < -0.4 is 9.64 Å². The minimum Gasteiger partial charge on any atom is -0.507 e. The highest BCUT2D eigenvalue weighted by molar-refractivity contribution is 6.51. The highest BCUT2D eigenvalue weighted by atomic mass is 35.5. The summed E-state index contributed by atoms with van der Waals surface area (Å²) in [5.41, 5.74) is 0.613. The Morgan fingerprint density at radius 1 is 1.13 bits per heavy atom. The summed E-state index contributed by atoms with van der Waals surface area (Å²) in [4.78, 5) is 27.4. The van der Waals surface area contributed by atoms with Crippen LogP contribution in [0.5, 0.6) is 5.75 Å². The van der Waals surface area contributed by atoms with E-state index in [1.54, 1.807) is 61.5 Å². The van der Waals surface area contributed by atoms with Crippen LogP contribution in [-0.2, 0) is 9.59 Å². The summed E-state index contributed by atoms with van der Waals surface area (Å²) >= 11 is 6.32. The third-order valence-corrected chi connectivity index (χ3v) is 5.34. The van der Waals surface area contributed by atoms with Gasteiger partial charge < -0.3 is 14.3 Å². The monoisotopic (exact) mass is 437 g/mol. The van der Waals surface area contributed by atoms with Crippen molar-refractivity contribution in [3.05, 3.63) is 88.3 Å². The van der Waals surface area contributed by atoms with Gasteiger partial charge in [0.2, 0.25) is 0 Å². The smallest absolute Gasteiger partial charge is 0.300 e. The fourth-order valence-electron chi connectivity index (χ4n) is 3.64. The molecule has 0 saturated carbocycles. The molecule has 0 aliphatic carbocycles. The van der Waals surface area contributed by atoms with Crippen molar-refractivity contribution < 1.29 is 23.8 Å². The topological polar surface area (TPSA) is 80.0 Å². The second kappa shape index (κ2) is 8.32. The van der Waals surface area contributed by atoms with E-state index in [1.807, 2.05) is 13.0 Å². The van der Waals surface area contributed by atoms with Gasteiger partial charge in [-0.1, -0.05) is 29.8 Å². The number of anilines is 1. The number of furan rings is 1. The molecule has 0 spiro atoms. The van der Waals surface area contributed by atoms with Crippen LogP contribution in [0.2, 0.25) is 5.02 Å². The van der Waals surface area contributed by atoms with Crippen LogP contribution in [0.1, 0.15) is 30.0 Å². The number of amides is 1. The number of ether oxygens (including phenoxy) is 1. The highest BCUT2D eigenvalue weighted by Gasteiger charge is 2.48. The van der Waals surface area contributed by atoms with E-state index >= 15 is 0 Å². The zero-order valence-electron chi connectivity index (χ0n) is 17.0. The molecule has 1 amide bonds. The van der Waals surface area contributed by atoms with Crippen molar-refractivity contribution in [3.63, 3.8) is 0 Å². The maximum Gasteiger partial charge on any atom is 0.300 e. The van der Waals surface area contributed by atoms with Crippen molar-refractivity contribution in [3.8, 4) is 5.75 Å². The molecule has 31 heavy (non-hydrogen) atoms. The average molecular weight is 438 g/mol. The number of nitrogens with zero attached hydrogens (tertiary/aromatic N) is 1. The molecule has 1 aromatic heterocycles. The van der Waals surface area contributed by atoms with Gasteiger partial charge in [-0.25, -0.2) is 0 Å². The summed E-state index contributed by atoms with van der Waals surface area (Å²) in [6, 6.07) is 16.0. The average Bonchev–Trinajstić information content (AvgIpc) is 3.31. The van der Waals surface area contributed by atoms with Crippen molar-refractivity contribution in [1.82, 2.24) is 0 Å². The lowest BCUT2D eigenvalue weighted by atomic mass is 9.99. The van der Waals surface area contributed by atoms with Crippen LogP contribution >= 0.6 is 11.6 Å². The van der Waals surface area contributed by atoms with Crippen LogP contribution in [-0.4, -0.2) is 23.4 Å². The number of rotatable bonds is 5. The quantitative estimate of drug-likeness (QED) is 0.334. The fourth-order valence-corrected chi connectivity index (χ4v) is 3.85. The van der Waals surface area contributed by atoms with Crippen LogP contribution in [0, 0.1) is 6.92 Å². The van der Waals surface area contributed by atoms with E-state index < -0.39 is 17.7 Å². The van der Waals surface area contributed by atoms with Gasteiger partial charge in [0, 0.05) is 11.3 Å². The number of carbonyl (C=O) groups excluding carboxylic acids is 2. The first-order chi connectivity index (χ1) is 14.9. The number of carbonyl (C=O) groups is 2. The van der Waals surface area contributed by atoms with Crippen molar-refractivity contribution in [2.75, 3.05) is 11.5 Å². The maximum atomic E-state index is 13.1. The molecule has 3 aromatic rings. The molecule has 1 saturated heterocycles. The number of Topliss-reactive ketones (excluding diaryl/α,β-unsaturated/α-hetero) is 1. The van der Waals surface area contributed by atoms with E-state index in [-0.39, 0.29) is 21.9 Å². The number of aryl methyl sites for hydroxylation is 1. The number of hydrogen-bond donors (Lipinski definition) is 1. The zero-order chi connectivity index (χ0) is 22.1. The number of halogens is 1. The van der Waals surface area contributed by atoms with Crippen LogP contribution in [0.3, 0.4) is 0 Å². The highest BCUT2D eigenvalue weighted by Crippen LogP contribution is 2.43. The Labute approximate surface area is 184 Å². The molecule has 0 radical (unpaired) electrons. The van der Waals surface area contributed by atoms with Crippen molar-refractivity contribution in [1.29, 1.82) is 0 Å². The third kappa shape index (κ3) is 3.70. The fraction of sp³-hybridized carbons (Fsp3) is 0.167. The van der Waals surface area contributed by atoms with E-state index in [0.717, 1.165) is 0 Å². The first kappa shape index (κ1) is 20.8. The Balaban J connectivity index is 1.94. The molecule has 1 aliphatic heterocycles. The van der Waals surface area contributed by atoms with Gasteiger partial charge in [-0.05, 0) is 56.3 Å². The zero-order valence-corrected chi connectivity index (χ0v) is 17.7. The Hall–Kier alpha value is -3.51. The normalized spacial score (nSPS) is 17.9. The molecule has 1 aliphatic rings. The molecule has 1 atom stereocenters. The second-order valence-corrected chi connectivity index (χ2v) is 7.43. The van der Waals surface area contributed by atoms with Gasteiger partial charge in [-0.2, -0.15) is 0 Å². The van der Waals surface area contributed by atoms with E-state index in [0.29, 0.717) is 29.6 Å². The minimum absolute atomic E-state index is 0.0984. The number of para-hydroxylation sites is 1. The number of aliphatic hydroxyl groups is 1. The second-order valence-electron chi connectivity index (χ2n) is 7.03. The molecule has 1 fully saturated rings. The van der Waals surface area contributed by atoms with Gasteiger partial charge in [-0.3, -0.25) is 14.5 Å². The maximum absolute atomic E-state index is 13.1. The number of ketones is 1. The minimum atomic E-state index is -0.942. The summed E-state index contributed by atoms with van der Waals surface area (Å²) in [5, 5.41) is 11.4. The lowest BCUT2D eigenvalue weighted by Crippen LogP contribution is -2.29. The number of aliphatic hydroxyl groups excluding tert-OH is 1. The molecule has 2 aromatic carbocycles. The standard InChI is InChI=1S/C24H20ClNO5/c1-3-30-16-10-11-18(25)17(13-16)22(27)20-21(19-12-9-14(2)31-19)26(24(29)23(20)28)15-7-5-4-6-8-15/h4-13,21,27H,3H2,1-2H3/b22-20+. The van der Waals surface area contributed by atoms with E-state index in [9.17, 15) is 14.7 Å². The van der Waals surface area contributed by atoms with E-state index in [1.165, 1.54) is 4.90 Å². The first-order valence-electron chi connectivity index (χ1n) is 9.77. The molecular formula is C24H20ClNO5. The van der Waals surface area contributed by atoms with Gasteiger partial charge in [0.15, 0.2) is 0 Å². The molecule has 1 unspecified atom stereocenters. The van der Waals surface area contributed by atoms with Gasteiger partial charge in [0.1, 0.15) is 29.1 Å². The molecule has 0 bridgehead atoms. The molecular weight excluding hydrogens is 418 g/mol. The van der Waals surface area contributed by atoms with Crippen LogP contribution in [0.15, 0.2) is 70.7 Å². The van der Waals surface area contributed by atoms with Gasteiger partial charge >= 0.3 is 0 Å². The SMILES string of the molecule is CCOc1ccc(Cl)c(/C(O)=C2\C(=O)C(=O)N(c3ccccc3)C2c2ccc(C)o2)c1. The predicted molar refractivity (Wildman–Crippen MR) is 117 cm³/mol. The lowest BCUT2D eigenvalue weighted by Gasteiger charge is -2.23. The van der Waals surface area contributed by atoms with Gasteiger partial charge in [0.25, 0.3) is 11.7 Å². The lowest BCUT2D eigenvalue weighted by molar-refractivity contribution is -0.132. The summed E-state index contributed by atoms with van der Waals surface area (Å²) < 4.78 is 11.3. The van der Waals surface area contributed by atoms with Gasteiger partial charge in [-0.15, -0.1) is 0 Å². The Morgan fingerprint density at radius 3 is 2.52 bits per heavy atom. The summed E-state index contributed by atoms with van der Waals surface area (Å²) in [6.45, 7) is 4.02. The van der Waals surface area contributed by atoms with E-state index in [2.05, 4.69) is 0 Å². The molecule has 2 heterocycles. The van der Waals surface area contributed by atoms with Crippen molar-refractivity contribution >= 4 is 34.7 Å². The summed E-state index contributed by atoms with van der Waals surface area (Å²) in [5.74, 6) is -0.509. The molecule has 7 heteroatoms. The first-order valence-corrected chi connectivity index (χ1v) is 10.1. The Morgan fingerprint density at radius 2 is 1.87 bits per heavy atom. The van der Waals surface area contributed by atoms with Crippen LogP contribution in [0.25, 0.3) is 5.76 Å². The predicted octanol–water partition coefficient (Wildman–Crippen LogP) is 5.27. The number of benzene rings is 2. The van der Waals surface area contributed by atoms with Crippen molar-refractivity contribution in [2.45, 2.75) is 19.9 Å². The van der Waals surface area contributed by atoms with Gasteiger partial charge in [0.05, 0.1) is 17.2 Å². The molecule has 6 nitrogen and oxygen atoms in total. The van der Waals surface area contributed by atoms with Crippen LogP contribution in [0.4, 0.5) is 5.69 Å². The molecule has 4 rings (SSSR count). The number of hydrogen-bond acceptors (Lipinski definition) is 5. The third-order valence-electron chi connectivity index (χ3n) is 5.01. The Bertz CT molecular complexity index is 1180. The molecule has 1 N–H and O–H groups in total. The Kier molecular flexibility index (Phi) is 5.57. The largest absolute Gasteiger partial charge is 0.507 e. The summed E-state index contributed by atoms with van der Waals surface area (Å²) in [7, 11) is 0.